The zero-order valence-corrected chi connectivity index (χ0v) is 14.0. The largest absolute Gasteiger partial charge is 0.416 e. The Morgan fingerprint density at radius 2 is 1.83 bits per heavy atom. The molecule has 8 heteroatoms. The Bertz CT molecular complexity index is 762. The van der Waals surface area contributed by atoms with Gasteiger partial charge in [0.15, 0.2) is 0 Å². The second kappa shape index (κ2) is 6.68. The van der Waals surface area contributed by atoms with Crippen LogP contribution in [-0.4, -0.2) is 32.0 Å². The van der Waals surface area contributed by atoms with Crippen molar-refractivity contribution < 1.29 is 18.0 Å². The normalized spacial score (nSPS) is 11.3. The number of pyridine rings is 1. The average Bonchev–Trinajstić information content (AvgIpc) is 2.52. The van der Waals surface area contributed by atoms with E-state index < -0.39 is 17.6 Å². The number of anilines is 2. The summed E-state index contributed by atoms with van der Waals surface area (Å²) in [5, 5.41) is 0.0501. The van der Waals surface area contributed by atoms with E-state index in [0.29, 0.717) is 5.82 Å². The lowest BCUT2D eigenvalue weighted by molar-refractivity contribution is -0.137. The maximum atomic E-state index is 12.9. The fourth-order valence-electron chi connectivity index (χ4n) is 2.16. The molecule has 0 spiro atoms. The highest BCUT2D eigenvalue weighted by molar-refractivity contribution is 6.34. The van der Waals surface area contributed by atoms with Gasteiger partial charge in [-0.25, -0.2) is 4.98 Å². The van der Waals surface area contributed by atoms with Crippen molar-refractivity contribution in [2.45, 2.75) is 6.18 Å². The summed E-state index contributed by atoms with van der Waals surface area (Å²) in [6, 6.07) is 6.00. The molecule has 2 aromatic rings. The van der Waals surface area contributed by atoms with E-state index in [4.69, 9.17) is 11.6 Å². The van der Waals surface area contributed by atoms with Crippen LogP contribution < -0.4 is 9.80 Å². The SMILES string of the molecule is CN(C)c1ncccc1C(=O)N(C)c1cc(C(F)(F)F)ccc1Cl. The first-order valence-electron chi connectivity index (χ1n) is 6.90. The molecule has 0 unspecified atom stereocenters. The molecule has 2 rings (SSSR count). The van der Waals surface area contributed by atoms with E-state index in [9.17, 15) is 18.0 Å². The molecule has 0 aliphatic heterocycles. The number of nitrogens with zero attached hydrogens (tertiary/aromatic N) is 3. The Kier molecular flexibility index (Phi) is 5.03. The van der Waals surface area contributed by atoms with Crippen molar-refractivity contribution in [1.82, 2.24) is 4.98 Å². The van der Waals surface area contributed by atoms with Crippen LogP contribution in [0.5, 0.6) is 0 Å². The van der Waals surface area contributed by atoms with Gasteiger partial charge in [-0.05, 0) is 30.3 Å². The molecular weight excluding hydrogens is 343 g/mol. The number of hydrogen-bond donors (Lipinski definition) is 0. The lowest BCUT2D eigenvalue weighted by Gasteiger charge is -2.22. The summed E-state index contributed by atoms with van der Waals surface area (Å²) in [6.45, 7) is 0. The van der Waals surface area contributed by atoms with E-state index in [1.165, 1.54) is 13.2 Å². The van der Waals surface area contributed by atoms with E-state index in [0.717, 1.165) is 23.1 Å². The number of hydrogen-bond acceptors (Lipinski definition) is 3. The van der Waals surface area contributed by atoms with Gasteiger partial charge in [0, 0.05) is 27.3 Å². The summed E-state index contributed by atoms with van der Waals surface area (Å²) in [5.74, 6) is -0.0922. The summed E-state index contributed by atoms with van der Waals surface area (Å²) >= 11 is 5.99. The van der Waals surface area contributed by atoms with Crippen LogP contribution in [0.1, 0.15) is 15.9 Å². The first-order chi connectivity index (χ1) is 11.1. The maximum absolute atomic E-state index is 12.9. The Hall–Kier alpha value is -2.28. The van der Waals surface area contributed by atoms with Gasteiger partial charge in [-0.2, -0.15) is 13.2 Å². The van der Waals surface area contributed by atoms with Crippen LogP contribution in [-0.2, 0) is 6.18 Å². The number of aromatic nitrogens is 1. The number of alkyl halides is 3. The standard InChI is InChI=1S/C16H15ClF3N3O/c1-22(2)14-11(5-4-8-21-14)15(24)23(3)13-9-10(16(18,19)20)6-7-12(13)17/h4-9H,1-3H3. The monoisotopic (exact) mass is 357 g/mol. The van der Waals surface area contributed by atoms with Crippen molar-refractivity contribution in [1.29, 1.82) is 0 Å². The van der Waals surface area contributed by atoms with Gasteiger partial charge in [-0.3, -0.25) is 4.79 Å². The van der Waals surface area contributed by atoms with Crippen LogP contribution in [0.4, 0.5) is 24.7 Å². The number of carbonyl (C=O) groups excluding carboxylic acids is 1. The average molecular weight is 358 g/mol. The van der Waals surface area contributed by atoms with Crippen molar-refractivity contribution in [3.8, 4) is 0 Å². The second-order valence-electron chi connectivity index (χ2n) is 5.30. The minimum atomic E-state index is -4.52. The minimum absolute atomic E-state index is 0.0231. The highest BCUT2D eigenvalue weighted by Gasteiger charge is 2.32. The van der Waals surface area contributed by atoms with Gasteiger partial charge in [0.2, 0.25) is 0 Å². The number of carbonyl (C=O) groups is 1. The Morgan fingerprint density at radius 1 is 1.17 bits per heavy atom. The van der Waals surface area contributed by atoms with Gasteiger partial charge >= 0.3 is 6.18 Å². The van der Waals surface area contributed by atoms with E-state index in [1.807, 2.05) is 0 Å². The topological polar surface area (TPSA) is 36.4 Å². The van der Waals surface area contributed by atoms with Crippen molar-refractivity contribution in [3.63, 3.8) is 0 Å². The van der Waals surface area contributed by atoms with Crippen LogP contribution in [0, 0.1) is 0 Å². The van der Waals surface area contributed by atoms with Gasteiger partial charge in [-0.1, -0.05) is 11.6 Å². The minimum Gasteiger partial charge on any atom is -0.362 e. The molecule has 0 N–H and O–H groups in total. The number of halogens is 4. The molecule has 128 valence electrons. The van der Waals surface area contributed by atoms with Crippen LogP contribution >= 0.6 is 11.6 Å². The zero-order valence-electron chi connectivity index (χ0n) is 13.2. The molecule has 1 amide bonds. The van der Waals surface area contributed by atoms with Gasteiger partial charge in [0.05, 0.1) is 21.8 Å². The van der Waals surface area contributed by atoms with Crippen LogP contribution in [0.3, 0.4) is 0 Å². The molecule has 1 heterocycles. The van der Waals surface area contributed by atoms with E-state index >= 15 is 0 Å². The zero-order chi connectivity index (χ0) is 18.1. The highest BCUT2D eigenvalue weighted by Crippen LogP contribution is 2.35. The summed E-state index contributed by atoms with van der Waals surface area (Å²) in [6.07, 6.45) is -2.99. The molecule has 0 saturated carbocycles. The van der Waals surface area contributed by atoms with E-state index in [2.05, 4.69) is 4.98 Å². The molecule has 4 nitrogen and oxygen atoms in total. The molecule has 1 aromatic carbocycles. The Balaban J connectivity index is 2.46. The molecule has 0 fully saturated rings. The molecule has 0 bridgehead atoms. The summed E-state index contributed by atoms with van der Waals surface area (Å²) in [7, 11) is 4.81. The smallest absolute Gasteiger partial charge is 0.362 e. The van der Waals surface area contributed by atoms with Crippen LogP contribution in [0.25, 0.3) is 0 Å². The number of amides is 1. The number of rotatable bonds is 3. The Labute approximate surface area is 142 Å². The first-order valence-corrected chi connectivity index (χ1v) is 7.28. The molecule has 24 heavy (non-hydrogen) atoms. The van der Waals surface area contributed by atoms with Gasteiger partial charge < -0.3 is 9.80 Å². The summed E-state index contributed by atoms with van der Waals surface area (Å²) in [4.78, 5) is 19.6. The summed E-state index contributed by atoms with van der Waals surface area (Å²) < 4.78 is 38.7. The molecule has 0 aliphatic rings. The fraction of sp³-hybridized carbons (Fsp3) is 0.250. The quantitative estimate of drug-likeness (QED) is 0.830. The third-order valence-electron chi connectivity index (χ3n) is 3.38. The molecule has 0 saturated heterocycles. The lowest BCUT2D eigenvalue weighted by Crippen LogP contribution is -2.29. The molecule has 0 atom stereocenters. The van der Waals surface area contributed by atoms with Crippen molar-refractivity contribution in [2.75, 3.05) is 30.9 Å². The van der Waals surface area contributed by atoms with Crippen LogP contribution in [0.15, 0.2) is 36.5 Å². The van der Waals surface area contributed by atoms with Gasteiger partial charge in [0.25, 0.3) is 5.91 Å². The number of benzene rings is 1. The third kappa shape index (κ3) is 3.62. The van der Waals surface area contributed by atoms with E-state index in [1.54, 1.807) is 31.1 Å². The molecule has 1 aromatic heterocycles. The highest BCUT2D eigenvalue weighted by atomic mass is 35.5. The van der Waals surface area contributed by atoms with E-state index in [-0.39, 0.29) is 16.3 Å². The predicted octanol–water partition coefficient (Wildman–Crippen LogP) is 4.10. The van der Waals surface area contributed by atoms with Crippen LogP contribution in [0.2, 0.25) is 5.02 Å². The summed E-state index contributed by atoms with van der Waals surface area (Å²) in [5.41, 5.74) is -0.635. The van der Waals surface area contributed by atoms with Crippen molar-refractivity contribution >= 4 is 29.0 Å². The maximum Gasteiger partial charge on any atom is 0.416 e. The third-order valence-corrected chi connectivity index (χ3v) is 3.70. The fourth-order valence-corrected chi connectivity index (χ4v) is 2.40. The van der Waals surface area contributed by atoms with Gasteiger partial charge in [-0.15, -0.1) is 0 Å². The lowest BCUT2D eigenvalue weighted by atomic mass is 10.1. The van der Waals surface area contributed by atoms with Gasteiger partial charge in [0.1, 0.15) is 5.82 Å². The Morgan fingerprint density at radius 3 is 2.42 bits per heavy atom. The molecule has 0 radical (unpaired) electrons. The first kappa shape index (κ1) is 18.1. The predicted molar refractivity (Wildman–Crippen MR) is 87.8 cm³/mol. The van der Waals surface area contributed by atoms with Crippen molar-refractivity contribution in [2.24, 2.45) is 0 Å². The molecular formula is C16H15ClF3N3O. The van der Waals surface area contributed by atoms with Crippen molar-refractivity contribution in [3.05, 3.63) is 52.7 Å². The second-order valence-corrected chi connectivity index (χ2v) is 5.70. The molecule has 0 aliphatic carbocycles.